The van der Waals surface area contributed by atoms with Crippen LogP contribution >= 0.6 is 0 Å². The van der Waals surface area contributed by atoms with Crippen LogP contribution in [0.4, 0.5) is 14.4 Å². The maximum Gasteiger partial charge on any atom is 0.326 e. The molecule has 146 valence electrons. The molecule has 0 spiro atoms. The van der Waals surface area contributed by atoms with Gasteiger partial charge in [-0.25, -0.2) is 14.4 Å². The Morgan fingerprint density at radius 1 is 0.500 bits per heavy atom. The van der Waals surface area contributed by atoms with Crippen LogP contribution in [-0.4, -0.2) is 128 Å². The van der Waals surface area contributed by atoms with Crippen LogP contribution in [0.3, 0.4) is 0 Å². The first-order valence-corrected chi connectivity index (χ1v) is 7.96. The molecule has 0 saturated carbocycles. The van der Waals surface area contributed by atoms with Crippen molar-refractivity contribution in [2.45, 2.75) is 0 Å². The van der Waals surface area contributed by atoms with Crippen molar-refractivity contribution in [2.24, 2.45) is 0 Å². The van der Waals surface area contributed by atoms with Gasteiger partial charge in [0.25, 0.3) is 0 Å². The molecule has 0 aromatic heterocycles. The summed E-state index contributed by atoms with van der Waals surface area (Å²) in [6.07, 6.45) is 0. The molecule has 0 unspecified atom stereocenters. The normalized spacial score (nSPS) is 20.0. The van der Waals surface area contributed by atoms with E-state index in [0.29, 0.717) is 0 Å². The van der Waals surface area contributed by atoms with Crippen LogP contribution in [0.5, 0.6) is 0 Å². The second-order valence-electron chi connectivity index (χ2n) is 6.31. The number of rotatable bonds is 0. The molecule has 3 rings (SSSR count). The lowest BCUT2D eigenvalue weighted by Crippen LogP contribution is -2.27. The van der Waals surface area contributed by atoms with Gasteiger partial charge in [-0.3, -0.25) is 19.4 Å². The first-order valence-electron chi connectivity index (χ1n) is 7.96. The van der Waals surface area contributed by atoms with Gasteiger partial charge in [0.05, 0.1) is 0 Å². The van der Waals surface area contributed by atoms with Gasteiger partial charge < -0.3 is 19.6 Å². The van der Waals surface area contributed by atoms with Crippen molar-refractivity contribution in [2.75, 3.05) is 68.5 Å². The highest BCUT2D eigenvalue weighted by atomic mass is 16.2. The zero-order valence-electron chi connectivity index (χ0n) is 16.1. The van der Waals surface area contributed by atoms with Gasteiger partial charge in [-0.2, -0.15) is 0 Å². The van der Waals surface area contributed by atoms with Gasteiger partial charge in [0.2, 0.25) is 11.8 Å². The molecular weight excluding hydrogens is 344 g/mol. The largest absolute Gasteiger partial charge is 0.326 e. The van der Waals surface area contributed by atoms with Crippen molar-refractivity contribution in [1.82, 2.24) is 29.4 Å². The fourth-order valence-electron chi connectivity index (χ4n) is 2.26. The summed E-state index contributed by atoms with van der Waals surface area (Å²) < 4.78 is 0. The number of hydrogen-bond acceptors (Lipinski definition) is 5. The van der Waals surface area contributed by atoms with E-state index < -0.39 is 0 Å². The van der Waals surface area contributed by atoms with Crippen LogP contribution in [0.2, 0.25) is 0 Å². The minimum atomic E-state index is -0.222. The molecule has 3 aliphatic rings. The van der Waals surface area contributed by atoms with Gasteiger partial charge in [0.1, 0.15) is 13.1 Å². The summed E-state index contributed by atoms with van der Waals surface area (Å²) >= 11 is 0. The van der Waals surface area contributed by atoms with Crippen LogP contribution < -0.4 is 0 Å². The first-order chi connectivity index (χ1) is 12.0. The third-order valence-corrected chi connectivity index (χ3v) is 4.14. The summed E-state index contributed by atoms with van der Waals surface area (Å²) in [4.78, 5) is 62.0. The molecule has 0 aromatic carbocycles. The Hall–Kier alpha value is -2.85. The average Bonchev–Trinajstić information content (AvgIpc) is 3.09. The zero-order chi connectivity index (χ0) is 20.2. The number of carbonyl (C=O) groups is 5. The SMILES string of the molecule is CN1CC(=O)N(C)C1=O.CN1CC(=O)N(C)C1=O.CN1CCN(C)C1=O. The summed E-state index contributed by atoms with van der Waals surface area (Å²) in [7, 11) is 9.79. The van der Waals surface area contributed by atoms with Crippen LogP contribution in [-0.2, 0) is 9.59 Å². The van der Waals surface area contributed by atoms with Crippen LogP contribution in [0.25, 0.3) is 0 Å². The Labute approximate surface area is 152 Å². The first kappa shape index (κ1) is 21.2. The van der Waals surface area contributed by atoms with Crippen LogP contribution in [0.15, 0.2) is 0 Å². The minimum absolute atomic E-state index is 0.130. The van der Waals surface area contributed by atoms with Crippen molar-refractivity contribution in [3.8, 4) is 0 Å². The van der Waals surface area contributed by atoms with Gasteiger partial charge in [-0.15, -0.1) is 0 Å². The van der Waals surface area contributed by atoms with Gasteiger partial charge in [0.15, 0.2) is 0 Å². The number of amides is 8. The van der Waals surface area contributed by atoms with E-state index in [1.54, 1.807) is 23.9 Å². The quantitative estimate of drug-likeness (QED) is 0.509. The van der Waals surface area contributed by atoms with E-state index >= 15 is 0 Å². The van der Waals surface area contributed by atoms with Crippen molar-refractivity contribution >= 4 is 29.9 Å². The molecule has 3 heterocycles. The molecule has 0 aliphatic carbocycles. The maximum absolute atomic E-state index is 10.8. The molecule has 0 bridgehead atoms. The molecule has 3 saturated heterocycles. The Bertz CT molecular complexity index is 559. The summed E-state index contributed by atoms with van der Waals surface area (Å²) in [5.41, 5.74) is 0. The molecule has 0 atom stereocenters. The molecule has 8 amide bonds. The number of urea groups is 3. The monoisotopic (exact) mass is 370 g/mol. The summed E-state index contributed by atoms with van der Waals surface area (Å²) in [5, 5.41) is 0. The smallest absolute Gasteiger partial charge is 0.326 e. The lowest BCUT2D eigenvalue weighted by atomic mass is 10.6. The van der Waals surface area contributed by atoms with E-state index in [0.717, 1.165) is 22.9 Å². The molecule has 0 aromatic rings. The third-order valence-electron chi connectivity index (χ3n) is 4.14. The van der Waals surface area contributed by atoms with Crippen molar-refractivity contribution < 1.29 is 24.0 Å². The lowest BCUT2D eigenvalue weighted by molar-refractivity contribution is -0.125. The van der Waals surface area contributed by atoms with Gasteiger partial charge in [-0.05, 0) is 0 Å². The lowest BCUT2D eigenvalue weighted by Gasteiger charge is -2.07. The highest BCUT2D eigenvalue weighted by molar-refractivity contribution is 6.01. The molecule has 11 nitrogen and oxygen atoms in total. The van der Waals surface area contributed by atoms with Gasteiger partial charge >= 0.3 is 18.1 Å². The van der Waals surface area contributed by atoms with E-state index in [4.69, 9.17) is 0 Å². The van der Waals surface area contributed by atoms with Crippen molar-refractivity contribution in [3.05, 3.63) is 0 Å². The summed E-state index contributed by atoms with van der Waals surface area (Å²) in [6, 6.07) is -0.315. The molecular formula is C15H26N6O5. The predicted octanol–water partition coefficient (Wildman–Crippen LogP) is -0.996. The number of likely N-dealkylation sites (N-methyl/N-ethyl adjacent to an activating group) is 6. The molecule has 3 fully saturated rings. The summed E-state index contributed by atoms with van der Waals surface area (Å²) in [5.74, 6) is -0.273. The van der Waals surface area contributed by atoms with E-state index in [-0.39, 0.29) is 43.0 Å². The molecule has 0 radical (unpaired) electrons. The van der Waals surface area contributed by atoms with E-state index in [1.165, 1.54) is 23.9 Å². The Balaban J connectivity index is 0.000000195. The molecule has 11 heteroatoms. The molecule has 0 N–H and O–H groups in total. The number of hydrogen-bond donors (Lipinski definition) is 0. The number of imide groups is 2. The fourth-order valence-corrected chi connectivity index (χ4v) is 2.26. The standard InChI is InChI=1S/2C5H8N2O2.C5H10N2O/c2*1-6-3-4(8)7(2)5(6)9;1-6-3-4-7(2)5(6)8/h2*3H2,1-2H3;3-4H2,1-2H3. The Morgan fingerprint density at radius 3 is 0.885 bits per heavy atom. The van der Waals surface area contributed by atoms with Crippen molar-refractivity contribution in [1.29, 1.82) is 0 Å². The topological polar surface area (TPSA) is 105 Å². The highest BCUT2D eigenvalue weighted by Gasteiger charge is 2.30. The molecule has 26 heavy (non-hydrogen) atoms. The second kappa shape index (κ2) is 8.50. The minimum Gasteiger partial charge on any atom is -0.326 e. The van der Waals surface area contributed by atoms with Gasteiger partial charge in [-0.1, -0.05) is 0 Å². The van der Waals surface area contributed by atoms with E-state index in [2.05, 4.69) is 0 Å². The van der Waals surface area contributed by atoms with Crippen LogP contribution in [0.1, 0.15) is 0 Å². The fraction of sp³-hybridized carbons (Fsp3) is 0.667. The summed E-state index contributed by atoms with van der Waals surface area (Å²) in [6.45, 7) is 2.18. The third kappa shape index (κ3) is 4.83. The van der Waals surface area contributed by atoms with Crippen LogP contribution in [0, 0.1) is 0 Å². The molecule has 3 aliphatic heterocycles. The Morgan fingerprint density at radius 2 is 0.808 bits per heavy atom. The Kier molecular flexibility index (Phi) is 6.93. The van der Waals surface area contributed by atoms with Crippen molar-refractivity contribution in [3.63, 3.8) is 0 Å². The predicted molar refractivity (Wildman–Crippen MR) is 92.2 cm³/mol. The number of nitrogens with zero attached hydrogens (tertiary/aromatic N) is 6. The van der Waals surface area contributed by atoms with Gasteiger partial charge in [0, 0.05) is 55.4 Å². The average molecular weight is 370 g/mol. The highest BCUT2D eigenvalue weighted by Crippen LogP contribution is 2.04. The zero-order valence-corrected chi connectivity index (χ0v) is 16.1. The second-order valence-corrected chi connectivity index (χ2v) is 6.31. The van der Waals surface area contributed by atoms with E-state index in [9.17, 15) is 24.0 Å². The number of carbonyl (C=O) groups excluding carboxylic acids is 5. The maximum atomic E-state index is 10.8. The van der Waals surface area contributed by atoms with E-state index in [1.807, 2.05) is 14.1 Å².